The van der Waals surface area contributed by atoms with Crippen LogP contribution in [0, 0.1) is 11.3 Å². The first-order chi connectivity index (χ1) is 8.67. The minimum absolute atomic E-state index is 0.0349. The van der Waals surface area contributed by atoms with Crippen LogP contribution in [0.1, 0.15) is 5.56 Å². The summed E-state index contributed by atoms with van der Waals surface area (Å²) in [5.41, 5.74) is 8.44. The van der Waals surface area contributed by atoms with Crippen molar-refractivity contribution in [3.63, 3.8) is 0 Å². The van der Waals surface area contributed by atoms with Crippen molar-refractivity contribution in [2.45, 2.75) is 0 Å². The van der Waals surface area contributed by atoms with Crippen molar-refractivity contribution in [2.24, 2.45) is 10.8 Å². The van der Waals surface area contributed by atoms with Crippen LogP contribution in [-0.2, 0) is 0 Å². The van der Waals surface area contributed by atoms with Crippen LogP contribution >= 0.6 is 12.2 Å². The molecule has 0 atom stereocenters. The van der Waals surface area contributed by atoms with Gasteiger partial charge in [0.05, 0.1) is 13.3 Å². The number of nitrogens with one attached hydrogen (secondary N) is 1. The van der Waals surface area contributed by atoms with Crippen molar-refractivity contribution in [3.8, 4) is 17.6 Å². The number of ether oxygens (including phenoxy) is 2. The third-order valence-corrected chi connectivity index (χ3v) is 1.96. The lowest BCUT2D eigenvalue weighted by atomic mass is 10.2. The highest BCUT2D eigenvalue weighted by atomic mass is 32.1. The Morgan fingerprint density at radius 2 is 2.39 bits per heavy atom. The number of hydrazone groups is 1. The first kappa shape index (κ1) is 13.7. The van der Waals surface area contributed by atoms with Crippen molar-refractivity contribution in [3.05, 3.63) is 23.8 Å². The summed E-state index contributed by atoms with van der Waals surface area (Å²) in [6.07, 6.45) is 1.54. The second-order valence-electron chi connectivity index (χ2n) is 3.09. The molecule has 0 saturated heterocycles. The van der Waals surface area contributed by atoms with Crippen molar-refractivity contribution in [1.29, 1.82) is 5.26 Å². The van der Waals surface area contributed by atoms with Gasteiger partial charge in [-0.15, -0.1) is 0 Å². The third-order valence-electron chi connectivity index (χ3n) is 1.87. The molecule has 1 aromatic rings. The Labute approximate surface area is 110 Å². The Kier molecular flexibility index (Phi) is 5.41. The average molecular weight is 264 g/mol. The quantitative estimate of drug-likeness (QED) is 0.463. The molecule has 0 spiro atoms. The first-order valence-corrected chi connectivity index (χ1v) is 5.34. The summed E-state index contributed by atoms with van der Waals surface area (Å²) in [4.78, 5) is 0. The van der Waals surface area contributed by atoms with E-state index in [1.54, 1.807) is 18.2 Å². The zero-order valence-electron chi connectivity index (χ0n) is 9.71. The van der Waals surface area contributed by atoms with Gasteiger partial charge in [-0.05, 0) is 36.0 Å². The molecule has 0 saturated carbocycles. The maximum Gasteiger partial charge on any atom is 0.184 e. The summed E-state index contributed by atoms with van der Waals surface area (Å²) in [5.74, 6) is 1.02. The van der Waals surface area contributed by atoms with Gasteiger partial charge in [-0.1, -0.05) is 0 Å². The fourth-order valence-electron chi connectivity index (χ4n) is 1.16. The van der Waals surface area contributed by atoms with E-state index in [0.717, 1.165) is 5.56 Å². The molecule has 7 heteroatoms. The van der Waals surface area contributed by atoms with Crippen LogP contribution in [0.25, 0.3) is 0 Å². The summed E-state index contributed by atoms with van der Waals surface area (Å²) in [5, 5.41) is 12.4. The molecule has 0 amide bonds. The largest absolute Gasteiger partial charge is 0.493 e. The van der Waals surface area contributed by atoms with E-state index in [1.807, 2.05) is 6.07 Å². The van der Waals surface area contributed by atoms with Crippen molar-refractivity contribution >= 4 is 23.5 Å². The van der Waals surface area contributed by atoms with Crippen LogP contribution in [0.5, 0.6) is 11.5 Å². The molecule has 18 heavy (non-hydrogen) atoms. The van der Waals surface area contributed by atoms with Gasteiger partial charge in [0.15, 0.2) is 23.2 Å². The Bertz CT molecular complexity index is 496. The molecular weight excluding hydrogens is 252 g/mol. The number of rotatable bonds is 5. The van der Waals surface area contributed by atoms with Crippen LogP contribution in [0.2, 0.25) is 0 Å². The highest BCUT2D eigenvalue weighted by Gasteiger charge is 2.04. The van der Waals surface area contributed by atoms with Gasteiger partial charge in [0, 0.05) is 0 Å². The summed E-state index contributed by atoms with van der Waals surface area (Å²) in [6.45, 7) is -0.0349. The normalized spacial score (nSPS) is 9.78. The highest BCUT2D eigenvalue weighted by molar-refractivity contribution is 7.80. The van der Waals surface area contributed by atoms with Crippen LogP contribution in [0.4, 0.5) is 0 Å². The van der Waals surface area contributed by atoms with Gasteiger partial charge < -0.3 is 15.2 Å². The molecule has 1 aromatic carbocycles. The minimum Gasteiger partial charge on any atom is -0.493 e. The number of methoxy groups -OCH3 is 1. The highest BCUT2D eigenvalue weighted by Crippen LogP contribution is 2.27. The van der Waals surface area contributed by atoms with E-state index in [-0.39, 0.29) is 11.7 Å². The minimum atomic E-state index is -0.0349. The SMILES string of the molecule is COc1cc(C=NNC(N)=S)ccc1OCC#N. The number of thiocarbonyl (C=S) groups is 1. The van der Waals surface area contributed by atoms with Gasteiger partial charge in [0.1, 0.15) is 6.07 Å². The number of nitriles is 1. The zero-order chi connectivity index (χ0) is 13.4. The molecule has 0 unspecified atom stereocenters. The molecular formula is C11H12N4O2S. The predicted octanol–water partition coefficient (Wildman–Crippen LogP) is 0.765. The van der Waals surface area contributed by atoms with Gasteiger partial charge in [0.25, 0.3) is 0 Å². The fourth-order valence-corrected chi connectivity index (χ4v) is 1.22. The molecule has 0 fully saturated rings. The third kappa shape index (κ3) is 4.27. The van der Waals surface area contributed by atoms with Crippen molar-refractivity contribution in [2.75, 3.05) is 13.7 Å². The lowest BCUT2D eigenvalue weighted by molar-refractivity contribution is 0.329. The van der Waals surface area contributed by atoms with E-state index in [0.29, 0.717) is 11.5 Å². The van der Waals surface area contributed by atoms with E-state index >= 15 is 0 Å². The Balaban J connectivity index is 2.81. The molecule has 0 aliphatic carbocycles. The maximum atomic E-state index is 8.44. The number of hydrogen-bond acceptors (Lipinski definition) is 5. The van der Waals surface area contributed by atoms with Gasteiger partial charge in [0.2, 0.25) is 0 Å². The number of nitrogens with two attached hydrogens (primary N) is 1. The van der Waals surface area contributed by atoms with Crippen molar-refractivity contribution in [1.82, 2.24) is 5.43 Å². The number of benzene rings is 1. The van der Waals surface area contributed by atoms with Crippen LogP contribution in [0.3, 0.4) is 0 Å². The molecule has 0 heterocycles. The fraction of sp³-hybridized carbons (Fsp3) is 0.182. The van der Waals surface area contributed by atoms with Crippen LogP contribution in [0.15, 0.2) is 23.3 Å². The monoisotopic (exact) mass is 264 g/mol. The van der Waals surface area contributed by atoms with Crippen molar-refractivity contribution < 1.29 is 9.47 Å². The molecule has 3 N–H and O–H groups in total. The van der Waals surface area contributed by atoms with E-state index in [1.165, 1.54) is 13.3 Å². The van der Waals surface area contributed by atoms with Crippen LogP contribution < -0.4 is 20.6 Å². The Morgan fingerprint density at radius 1 is 1.61 bits per heavy atom. The van der Waals surface area contributed by atoms with E-state index in [9.17, 15) is 0 Å². The van der Waals surface area contributed by atoms with E-state index in [2.05, 4.69) is 22.7 Å². The summed E-state index contributed by atoms with van der Waals surface area (Å²) < 4.78 is 10.3. The lowest BCUT2D eigenvalue weighted by Crippen LogP contribution is -2.23. The van der Waals surface area contributed by atoms with Gasteiger partial charge in [-0.3, -0.25) is 5.43 Å². The maximum absolute atomic E-state index is 8.44. The van der Waals surface area contributed by atoms with Gasteiger partial charge >= 0.3 is 0 Å². The molecule has 0 aliphatic heterocycles. The first-order valence-electron chi connectivity index (χ1n) is 4.93. The van der Waals surface area contributed by atoms with E-state index < -0.39 is 0 Å². The average Bonchev–Trinajstić information content (AvgIpc) is 2.36. The topological polar surface area (TPSA) is 92.7 Å². The van der Waals surface area contributed by atoms with E-state index in [4.69, 9.17) is 20.5 Å². The Hall–Kier alpha value is -2.33. The van der Waals surface area contributed by atoms with Crippen LogP contribution in [-0.4, -0.2) is 25.0 Å². The summed E-state index contributed by atoms with van der Waals surface area (Å²) >= 11 is 4.61. The summed E-state index contributed by atoms with van der Waals surface area (Å²) in [7, 11) is 1.52. The molecule has 94 valence electrons. The predicted molar refractivity (Wildman–Crippen MR) is 71.6 cm³/mol. The second kappa shape index (κ2) is 7.09. The molecule has 0 radical (unpaired) electrons. The standard InChI is InChI=1S/C11H12N4O2S/c1-16-10-6-8(7-14-15-11(13)18)2-3-9(10)17-5-4-12/h2-3,6-7H,5H2,1H3,(H3,13,15,18). The molecule has 0 aromatic heterocycles. The molecule has 0 aliphatic rings. The zero-order valence-corrected chi connectivity index (χ0v) is 10.5. The lowest BCUT2D eigenvalue weighted by Gasteiger charge is -2.08. The molecule has 1 rings (SSSR count). The summed E-state index contributed by atoms with van der Waals surface area (Å²) in [6, 6.07) is 7.06. The Morgan fingerprint density at radius 3 is 3.00 bits per heavy atom. The van der Waals surface area contributed by atoms with Gasteiger partial charge in [-0.2, -0.15) is 10.4 Å². The molecule has 0 bridgehead atoms. The number of hydrogen-bond donors (Lipinski definition) is 2. The second-order valence-corrected chi connectivity index (χ2v) is 3.53. The van der Waals surface area contributed by atoms with Gasteiger partial charge in [-0.25, -0.2) is 0 Å². The smallest absolute Gasteiger partial charge is 0.184 e. The molecule has 6 nitrogen and oxygen atoms in total. The number of nitrogens with zero attached hydrogens (tertiary/aromatic N) is 2.